The lowest BCUT2D eigenvalue weighted by molar-refractivity contribution is -0.0498. The molecule has 1 aliphatic carbocycles. The Morgan fingerprint density at radius 3 is 2.56 bits per heavy atom. The van der Waals surface area contributed by atoms with Gasteiger partial charge >= 0.3 is 6.61 Å². The van der Waals surface area contributed by atoms with Gasteiger partial charge in [-0.15, -0.1) is 11.3 Å². The van der Waals surface area contributed by atoms with Crippen molar-refractivity contribution in [1.29, 1.82) is 0 Å². The molecule has 5 nitrogen and oxygen atoms in total. The predicted octanol–water partition coefficient (Wildman–Crippen LogP) is 4.53. The average molecular weight is 395 g/mol. The van der Waals surface area contributed by atoms with Gasteiger partial charge in [-0.2, -0.15) is 13.9 Å². The topological polar surface area (TPSA) is 48.1 Å². The third-order valence-corrected chi connectivity index (χ3v) is 5.13. The van der Waals surface area contributed by atoms with Crippen LogP contribution in [0.2, 0.25) is 0 Å². The number of ether oxygens (including phenoxy) is 2. The molecule has 1 fully saturated rings. The zero-order valence-electron chi connectivity index (χ0n) is 15.2. The van der Waals surface area contributed by atoms with E-state index in [4.69, 9.17) is 9.84 Å². The summed E-state index contributed by atoms with van der Waals surface area (Å²) in [5, 5.41) is 6.85. The maximum Gasteiger partial charge on any atom is 0.387 e. The van der Waals surface area contributed by atoms with E-state index in [1.165, 1.54) is 23.5 Å². The number of nitrogens with zero attached hydrogens (tertiary/aromatic N) is 3. The molecule has 146 valence electrons. The van der Waals surface area contributed by atoms with Gasteiger partial charge in [0.15, 0.2) is 0 Å². The number of methoxy groups -OCH3 is 1. The number of alkyl halides is 2. The van der Waals surface area contributed by atoms with Crippen molar-refractivity contribution in [2.45, 2.75) is 38.7 Å². The van der Waals surface area contributed by atoms with Gasteiger partial charge in [-0.1, -0.05) is 6.42 Å². The van der Waals surface area contributed by atoms with Crippen LogP contribution in [0, 0.1) is 0 Å². The van der Waals surface area contributed by atoms with Gasteiger partial charge in [-0.05, 0) is 49.9 Å². The smallest absolute Gasteiger partial charge is 0.387 e. The fourth-order valence-corrected chi connectivity index (χ4v) is 3.80. The highest BCUT2D eigenvalue weighted by Crippen LogP contribution is 2.25. The molecule has 1 heterocycles. The lowest BCUT2D eigenvalue weighted by Gasteiger charge is -2.13. The molecule has 0 spiro atoms. The van der Waals surface area contributed by atoms with E-state index in [-0.39, 0.29) is 5.75 Å². The van der Waals surface area contributed by atoms with Crippen molar-refractivity contribution in [3.8, 4) is 17.0 Å². The molecule has 0 aliphatic heterocycles. The number of rotatable bonds is 7. The molecule has 1 saturated carbocycles. The fraction of sp³-hybridized carbons (Fsp3) is 0.474. The largest absolute Gasteiger partial charge is 0.435 e. The monoisotopic (exact) mass is 395 g/mol. The molecule has 0 bridgehead atoms. The molecular weight excluding hydrogens is 372 g/mol. The Balaban J connectivity index is 1.95. The highest BCUT2D eigenvalue weighted by atomic mass is 32.1. The van der Waals surface area contributed by atoms with E-state index in [9.17, 15) is 8.78 Å². The molecule has 1 aromatic heterocycles. The first-order valence-electron chi connectivity index (χ1n) is 8.99. The van der Waals surface area contributed by atoms with Crippen LogP contribution in [0.3, 0.4) is 0 Å². The molecule has 1 aliphatic rings. The molecule has 1 aromatic carbocycles. The van der Waals surface area contributed by atoms with Gasteiger partial charge in [0.25, 0.3) is 0 Å². The first kappa shape index (κ1) is 19.7. The number of hydrogen-bond donors (Lipinski definition) is 0. The Labute approximate surface area is 161 Å². The van der Waals surface area contributed by atoms with Gasteiger partial charge < -0.3 is 9.47 Å². The van der Waals surface area contributed by atoms with Gasteiger partial charge in [0.1, 0.15) is 5.75 Å². The molecule has 8 heteroatoms. The number of aromatic nitrogens is 1. The molecule has 0 saturated heterocycles. The highest BCUT2D eigenvalue weighted by Gasteiger charge is 2.12. The summed E-state index contributed by atoms with van der Waals surface area (Å²) in [5.74, 6) is 0.138. The molecule has 0 amide bonds. The minimum Gasteiger partial charge on any atom is -0.435 e. The molecule has 3 rings (SSSR count). The normalized spacial score (nSPS) is 15.4. The Bertz CT molecular complexity index is 820. The Morgan fingerprint density at radius 2 is 1.89 bits per heavy atom. The second kappa shape index (κ2) is 9.75. The third kappa shape index (κ3) is 5.46. The van der Waals surface area contributed by atoms with Crippen molar-refractivity contribution < 1.29 is 18.3 Å². The van der Waals surface area contributed by atoms with Crippen LogP contribution in [-0.4, -0.2) is 37.3 Å². The van der Waals surface area contributed by atoms with Gasteiger partial charge in [-0.25, -0.2) is 4.68 Å². The highest BCUT2D eigenvalue weighted by molar-refractivity contribution is 7.07. The first-order valence-corrected chi connectivity index (χ1v) is 9.87. The van der Waals surface area contributed by atoms with Crippen LogP contribution >= 0.6 is 11.3 Å². The number of halogens is 2. The first-order chi connectivity index (χ1) is 13.2. The average Bonchev–Trinajstić information content (AvgIpc) is 3.05. The van der Waals surface area contributed by atoms with Crippen molar-refractivity contribution >= 4 is 17.0 Å². The van der Waals surface area contributed by atoms with E-state index < -0.39 is 6.61 Å². The van der Waals surface area contributed by atoms with Crippen molar-refractivity contribution in [2.75, 3.05) is 20.3 Å². The Hall–Kier alpha value is -2.06. The predicted molar refractivity (Wildman–Crippen MR) is 103 cm³/mol. The van der Waals surface area contributed by atoms with Gasteiger partial charge in [0, 0.05) is 23.8 Å². The van der Waals surface area contributed by atoms with E-state index in [0.29, 0.717) is 13.2 Å². The second-order valence-electron chi connectivity index (χ2n) is 6.22. The van der Waals surface area contributed by atoms with Crippen molar-refractivity contribution in [3.63, 3.8) is 0 Å². The van der Waals surface area contributed by atoms with E-state index in [0.717, 1.165) is 41.7 Å². The van der Waals surface area contributed by atoms with Gasteiger partial charge in [-0.3, -0.25) is 4.99 Å². The quantitative estimate of drug-likeness (QED) is 0.647. The van der Waals surface area contributed by atoms with Crippen LogP contribution in [0.25, 0.3) is 11.3 Å². The minimum atomic E-state index is -2.83. The van der Waals surface area contributed by atoms with Gasteiger partial charge in [0.2, 0.25) is 4.80 Å². The van der Waals surface area contributed by atoms with Crippen molar-refractivity contribution in [3.05, 3.63) is 34.4 Å². The van der Waals surface area contributed by atoms with Crippen molar-refractivity contribution in [2.24, 2.45) is 10.1 Å². The summed E-state index contributed by atoms with van der Waals surface area (Å²) >= 11 is 1.51. The maximum absolute atomic E-state index is 12.4. The summed E-state index contributed by atoms with van der Waals surface area (Å²) in [7, 11) is 1.65. The van der Waals surface area contributed by atoms with Crippen LogP contribution in [0.4, 0.5) is 8.78 Å². The summed E-state index contributed by atoms with van der Waals surface area (Å²) in [5.41, 5.74) is 2.94. The molecule has 0 N–H and O–H groups in total. The molecule has 27 heavy (non-hydrogen) atoms. The summed E-state index contributed by atoms with van der Waals surface area (Å²) in [4.78, 5) is 5.39. The number of thiazole rings is 1. The summed E-state index contributed by atoms with van der Waals surface area (Å²) in [6, 6.07) is 6.60. The molecule has 2 aromatic rings. The fourth-order valence-electron chi connectivity index (χ4n) is 2.94. The SMILES string of the molecule is COCCN=c1scc(-c2ccc(OC(F)F)cc2)n1N=C1CCCCC1. The number of hydrogen-bond acceptors (Lipinski definition) is 5. The summed E-state index contributed by atoms with van der Waals surface area (Å²) < 4.78 is 36.1. The van der Waals surface area contributed by atoms with Crippen LogP contribution in [0.15, 0.2) is 39.7 Å². The maximum atomic E-state index is 12.4. The number of benzene rings is 1. The van der Waals surface area contributed by atoms with E-state index in [2.05, 4.69) is 9.73 Å². The molecule has 0 unspecified atom stereocenters. The molecular formula is C19H23F2N3O2S. The lowest BCUT2D eigenvalue weighted by atomic mass is 9.99. The van der Waals surface area contributed by atoms with Gasteiger partial charge in [0.05, 0.1) is 18.8 Å². The van der Waals surface area contributed by atoms with Crippen LogP contribution < -0.4 is 9.54 Å². The second-order valence-corrected chi connectivity index (χ2v) is 7.06. The van der Waals surface area contributed by atoms with Crippen molar-refractivity contribution in [1.82, 2.24) is 4.68 Å². The Kier molecular flexibility index (Phi) is 7.11. The standard InChI is InChI=1S/C19H23F2N3O2S/c1-25-12-11-22-19-24(23-15-5-3-2-4-6-15)17(13-27-19)14-7-9-16(10-8-14)26-18(20)21/h7-10,13,18H,2-6,11-12H2,1H3. The van der Waals surface area contributed by atoms with E-state index in [1.54, 1.807) is 31.4 Å². The zero-order valence-corrected chi connectivity index (χ0v) is 16.1. The van der Waals surface area contributed by atoms with Crippen LogP contribution in [-0.2, 0) is 4.74 Å². The minimum absolute atomic E-state index is 0.138. The molecule has 0 atom stereocenters. The Morgan fingerprint density at radius 1 is 1.15 bits per heavy atom. The lowest BCUT2D eigenvalue weighted by Crippen LogP contribution is -2.17. The summed E-state index contributed by atoms with van der Waals surface area (Å²) in [6.45, 7) is -1.72. The zero-order chi connectivity index (χ0) is 19.1. The van der Waals surface area contributed by atoms with E-state index in [1.807, 2.05) is 10.1 Å². The van der Waals surface area contributed by atoms with E-state index >= 15 is 0 Å². The van der Waals surface area contributed by atoms with Crippen LogP contribution in [0.5, 0.6) is 5.75 Å². The summed E-state index contributed by atoms with van der Waals surface area (Å²) in [6.07, 6.45) is 5.57. The third-order valence-electron chi connectivity index (χ3n) is 4.28. The van der Waals surface area contributed by atoms with Crippen LogP contribution in [0.1, 0.15) is 32.1 Å². The molecule has 0 radical (unpaired) electrons.